The molecule has 1 aromatic rings. The number of benzene rings is 1. The van der Waals surface area contributed by atoms with Crippen LogP contribution in [0.3, 0.4) is 0 Å². The van der Waals surface area contributed by atoms with Crippen molar-refractivity contribution in [2.75, 3.05) is 13.1 Å². The summed E-state index contributed by atoms with van der Waals surface area (Å²) in [6, 6.07) is 7.47. The van der Waals surface area contributed by atoms with Gasteiger partial charge in [-0.2, -0.15) is 0 Å². The van der Waals surface area contributed by atoms with Crippen LogP contribution in [0.4, 0.5) is 4.39 Å². The molecule has 2 atom stereocenters. The Bertz CT molecular complexity index is 454. The zero-order chi connectivity index (χ0) is 14.1. The van der Waals surface area contributed by atoms with E-state index in [0.717, 1.165) is 18.5 Å². The zero-order valence-electron chi connectivity index (χ0n) is 12.3. The van der Waals surface area contributed by atoms with Crippen LogP contribution in [0.2, 0.25) is 0 Å². The highest BCUT2D eigenvalue weighted by atomic mass is 19.1. The molecule has 0 heterocycles. The van der Waals surface area contributed by atoms with Crippen molar-refractivity contribution in [1.29, 1.82) is 0 Å². The van der Waals surface area contributed by atoms with Gasteiger partial charge in [0.05, 0.1) is 0 Å². The molecule has 2 nitrogen and oxygen atoms in total. The van der Waals surface area contributed by atoms with Crippen molar-refractivity contribution in [3.05, 3.63) is 35.6 Å². The first-order valence-electron chi connectivity index (χ1n) is 7.89. The SMILES string of the molecule is CC(CN(CC1CC1)C1CC1)C(N)c1ccccc1F. The first kappa shape index (κ1) is 14.0. The molecule has 0 bridgehead atoms. The fraction of sp³-hybridized carbons (Fsp3) is 0.647. The van der Waals surface area contributed by atoms with Gasteiger partial charge in [-0.1, -0.05) is 25.1 Å². The van der Waals surface area contributed by atoms with E-state index < -0.39 is 0 Å². The van der Waals surface area contributed by atoms with Gasteiger partial charge in [0.15, 0.2) is 0 Å². The summed E-state index contributed by atoms with van der Waals surface area (Å²) < 4.78 is 13.8. The van der Waals surface area contributed by atoms with Crippen LogP contribution >= 0.6 is 0 Å². The third kappa shape index (κ3) is 3.39. The Hall–Kier alpha value is -0.930. The molecule has 0 saturated heterocycles. The summed E-state index contributed by atoms with van der Waals surface area (Å²) in [6.45, 7) is 4.37. The zero-order valence-corrected chi connectivity index (χ0v) is 12.3. The van der Waals surface area contributed by atoms with Crippen LogP contribution in [0.25, 0.3) is 0 Å². The normalized spacial score (nSPS) is 22.0. The van der Waals surface area contributed by atoms with Gasteiger partial charge in [-0.25, -0.2) is 4.39 Å². The topological polar surface area (TPSA) is 29.3 Å². The van der Waals surface area contributed by atoms with Crippen LogP contribution in [-0.2, 0) is 0 Å². The molecule has 110 valence electrons. The molecule has 0 radical (unpaired) electrons. The largest absolute Gasteiger partial charge is 0.324 e. The molecule has 2 N–H and O–H groups in total. The highest BCUT2D eigenvalue weighted by molar-refractivity contribution is 5.21. The lowest BCUT2D eigenvalue weighted by Gasteiger charge is -2.29. The van der Waals surface area contributed by atoms with Crippen molar-refractivity contribution >= 4 is 0 Å². The van der Waals surface area contributed by atoms with Gasteiger partial charge < -0.3 is 5.73 Å². The number of hydrogen-bond acceptors (Lipinski definition) is 2. The van der Waals surface area contributed by atoms with E-state index in [1.165, 1.54) is 38.3 Å². The predicted molar refractivity (Wildman–Crippen MR) is 79.8 cm³/mol. The molecule has 2 aliphatic carbocycles. The van der Waals surface area contributed by atoms with E-state index in [4.69, 9.17) is 5.73 Å². The number of rotatable bonds is 7. The standard InChI is InChI=1S/C17H25FN2/c1-12(17(19)15-4-2-3-5-16(15)18)10-20(14-8-9-14)11-13-6-7-13/h2-5,12-14,17H,6-11,19H2,1H3. The van der Waals surface area contributed by atoms with Crippen LogP contribution in [0.5, 0.6) is 0 Å². The van der Waals surface area contributed by atoms with Crippen molar-refractivity contribution in [3.63, 3.8) is 0 Å². The predicted octanol–water partition coefficient (Wildman–Crippen LogP) is 3.34. The average Bonchev–Trinajstić information content (AvgIpc) is 3.30. The van der Waals surface area contributed by atoms with Crippen LogP contribution in [0.1, 0.15) is 44.2 Å². The molecule has 2 aliphatic rings. The Morgan fingerprint density at radius 2 is 1.95 bits per heavy atom. The summed E-state index contributed by atoms with van der Waals surface area (Å²) in [4.78, 5) is 2.60. The quantitative estimate of drug-likeness (QED) is 0.827. The van der Waals surface area contributed by atoms with Crippen LogP contribution < -0.4 is 5.73 Å². The third-order valence-corrected chi connectivity index (χ3v) is 4.65. The second kappa shape index (κ2) is 5.82. The van der Waals surface area contributed by atoms with Gasteiger partial charge in [0, 0.05) is 30.7 Å². The van der Waals surface area contributed by atoms with Gasteiger partial charge in [0.25, 0.3) is 0 Å². The minimum absolute atomic E-state index is 0.174. The first-order valence-corrected chi connectivity index (χ1v) is 7.89. The average molecular weight is 276 g/mol. The summed E-state index contributed by atoms with van der Waals surface area (Å²) in [7, 11) is 0. The van der Waals surface area contributed by atoms with Crippen molar-refractivity contribution in [2.45, 2.75) is 44.7 Å². The van der Waals surface area contributed by atoms with Gasteiger partial charge in [0.2, 0.25) is 0 Å². The molecule has 20 heavy (non-hydrogen) atoms. The molecular weight excluding hydrogens is 251 g/mol. The molecule has 0 spiro atoms. The van der Waals surface area contributed by atoms with Gasteiger partial charge in [-0.05, 0) is 43.6 Å². The summed E-state index contributed by atoms with van der Waals surface area (Å²) in [5.74, 6) is 1.02. The fourth-order valence-electron chi connectivity index (χ4n) is 2.98. The van der Waals surface area contributed by atoms with E-state index in [1.54, 1.807) is 6.07 Å². The summed E-state index contributed by atoms with van der Waals surface area (Å²) in [5.41, 5.74) is 6.94. The van der Waals surface area contributed by atoms with Crippen molar-refractivity contribution in [2.24, 2.45) is 17.6 Å². The molecular formula is C17H25FN2. The Labute approximate surface area is 121 Å². The Morgan fingerprint density at radius 3 is 2.55 bits per heavy atom. The van der Waals surface area contributed by atoms with E-state index in [1.807, 2.05) is 12.1 Å². The third-order valence-electron chi connectivity index (χ3n) is 4.65. The van der Waals surface area contributed by atoms with Gasteiger partial charge >= 0.3 is 0 Å². The van der Waals surface area contributed by atoms with Crippen LogP contribution in [0.15, 0.2) is 24.3 Å². The minimum Gasteiger partial charge on any atom is -0.324 e. The summed E-state index contributed by atoms with van der Waals surface area (Å²) in [5, 5.41) is 0. The van der Waals surface area contributed by atoms with E-state index in [2.05, 4.69) is 11.8 Å². The molecule has 0 aliphatic heterocycles. The number of hydrogen-bond donors (Lipinski definition) is 1. The molecule has 2 fully saturated rings. The molecule has 2 saturated carbocycles. The fourth-order valence-corrected chi connectivity index (χ4v) is 2.98. The summed E-state index contributed by atoms with van der Waals surface area (Å²) >= 11 is 0. The second-order valence-electron chi connectivity index (χ2n) is 6.65. The molecule has 0 aromatic heterocycles. The first-order chi connectivity index (χ1) is 9.65. The highest BCUT2D eigenvalue weighted by Crippen LogP contribution is 2.36. The Balaban J connectivity index is 1.61. The monoisotopic (exact) mass is 276 g/mol. The van der Waals surface area contributed by atoms with Gasteiger partial charge in [-0.15, -0.1) is 0 Å². The highest BCUT2D eigenvalue weighted by Gasteiger charge is 2.35. The molecule has 0 amide bonds. The van der Waals surface area contributed by atoms with E-state index >= 15 is 0 Å². The number of nitrogens with two attached hydrogens (primary N) is 1. The maximum atomic E-state index is 13.8. The molecule has 2 unspecified atom stereocenters. The Kier molecular flexibility index (Phi) is 4.08. The molecule has 3 heteroatoms. The van der Waals surface area contributed by atoms with Crippen molar-refractivity contribution in [1.82, 2.24) is 4.90 Å². The van der Waals surface area contributed by atoms with E-state index in [-0.39, 0.29) is 17.8 Å². The minimum atomic E-state index is -0.211. The van der Waals surface area contributed by atoms with Crippen LogP contribution in [0, 0.1) is 17.7 Å². The van der Waals surface area contributed by atoms with Gasteiger partial charge in [-0.3, -0.25) is 4.90 Å². The second-order valence-corrected chi connectivity index (χ2v) is 6.65. The molecule has 1 aromatic carbocycles. The lowest BCUT2D eigenvalue weighted by Crippen LogP contribution is -2.36. The molecule has 3 rings (SSSR count). The van der Waals surface area contributed by atoms with Gasteiger partial charge in [0.1, 0.15) is 5.82 Å². The van der Waals surface area contributed by atoms with E-state index in [0.29, 0.717) is 5.56 Å². The lowest BCUT2D eigenvalue weighted by atomic mass is 9.94. The maximum Gasteiger partial charge on any atom is 0.127 e. The number of halogens is 1. The lowest BCUT2D eigenvalue weighted by molar-refractivity contribution is 0.204. The van der Waals surface area contributed by atoms with E-state index in [9.17, 15) is 4.39 Å². The van der Waals surface area contributed by atoms with Crippen molar-refractivity contribution in [3.8, 4) is 0 Å². The smallest absolute Gasteiger partial charge is 0.127 e. The summed E-state index contributed by atoms with van der Waals surface area (Å²) in [6.07, 6.45) is 5.43. The Morgan fingerprint density at radius 1 is 1.25 bits per heavy atom. The van der Waals surface area contributed by atoms with Crippen molar-refractivity contribution < 1.29 is 4.39 Å². The maximum absolute atomic E-state index is 13.8. The number of nitrogens with zero attached hydrogens (tertiary/aromatic N) is 1. The van der Waals surface area contributed by atoms with Crippen LogP contribution in [-0.4, -0.2) is 24.0 Å².